The van der Waals surface area contributed by atoms with Gasteiger partial charge in [-0.3, -0.25) is 24.0 Å². The number of benzene rings is 2. The number of anilines is 2. The Morgan fingerprint density at radius 2 is 1.80 bits per heavy atom. The zero-order valence-electron chi connectivity index (χ0n) is 19.4. The fraction of sp³-hybridized carbons (Fsp3) is 0.154. The molecule has 0 radical (unpaired) electrons. The standard InChI is InChI=1S/C26H25N5O3S/c1-18-24(26(34)31(30(18)2)22-11-4-3-5-12-22)29-25(33)20-9-6-10-21(14-20)28-23(32)17-35-16-19-8-7-13-27-15-19/h3-15H,16-17H2,1-2H3,(H,28,32)(H,29,33). The topological polar surface area (TPSA) is 98.0 Å². The zero-order valence-corrected chi connectivity index (χ0v) is 20.2. The largest absolute Gasteiger partial charge is 0.325 e. The van der Waals surface area contributed by atoms with Gasteiger partial charge in [0.1, 0.15) is 5.69 Å². The van der Waals surface area contributed by atoms with E-state index in [0.29, 0.717) is 28.4 Å². The number of thioether (sulfide) groups is 1. The summed E-state index contributed by atoms with van der Waals surface area (Å²) < 4.78 is 3.21. The molecule has 0 saturated carbocycles. The molecule has 8 nitrogen and oxygen atoms in total. The lowest BCUT2D eigenvalue weighted by Crippen LogP contribution is -2.23. The molecule has 0 spiro atoms. The first-order chi connectivity index (χ1) is 16.9. The maximum Gasteiger partial charge on any atom is 0.295 e. The Morgan fingerprint density at radius 1 is 1.00 bits per heavy atom. The third kappa shape index (κ3) is 5.70. The van der Waals surface area contributed by atoms with Crippen molar-refractivity contribution in [1.29, 1.82) is 0 Å². The molecule has 2 amide bonds. The third-order valence-electron chi connectivity index (χ3n) is 5.43. The first-order valence-corrected chi connectivity index (χ1v) is 12.1. The SMILES string of the molecule is Cc1c(NC(=O)c2cccc(NC(=O)CSCc3cccnc3)c2)c(=O)n(-c2ccccc2)n1C. The van der Waals surface area contributed by atoms with Crippen molar-refractivity contribution >= 4 is 35.0 Å². The fourth-order valence-electron chi connectivity index (χ4n) is 3.58. The number of carbonyl (C=O) groups is 2. The van der Waals surface area contributed by atoms with Crippen molar-refractivity contribution < 1.29 is 9.59 Å². The number of hydrogen-bond acceptors (Lipinski definition) is 5. The first-order valence-electron chi connectivity index (χ1n) is 11.0. The van der Waals surface area contributed by atoms with Gasteiger partial charge < -0.3 is 10.6 Å². The molecule has 4 rings (SSSR count). The van der Waals surface area contributed by atoms with Gasteiger partial charge in [-0.15, -0.1) is 11.8 Å². The number of carbonyl (C=O) groups excluding carboxylic acids is 2. The van der Waals surface area contributed by atoms with Crippen LogP contribution in [0.25, 0.3) is 5.69 Å². The Labute approximate surface area is 207 Å². The molecule has 4 aromatic rings. The highest BCUT2D eigenvalue weighted by atomic mass is 32.2. The van der Waals surface area contributed by atoms with Gasteiger partial charge in [-0.25, -0.2) is 4.68 Å². The van der Waals surface area contributed by atoms with Crippen LogP contribution in [0.2, 0.25) is 0 Å². The van der Waals surface area contributed by atoms with E-state index in [1.54, 1.807) is 55.3 Å². The number of aromatic nitrogens is 3. The highest BCUT2D eigenvalue weighted by molar-refractivity contribution is 7.99. The van der Waals surface area contributed by atoms with Crippen molar-refractivity contribution in [2.75, 3.05) is 16.4 Å². The lowest BCUT2D eigenvalue weighted by atomic mass is 10.2. The van der Waals surface area contributed by atoms with E-state index in [9.17, 15) is 14.4 Å². The monoisotopic (exact) mass is 487 g/mol. The molecule has 2 heterocycles. The van der Waals surface area contributed by atoms with Crippen molar-refractivity contribution in [2.45, 2.75) is 12.7 Å². The van der Waals surface area contributed by atoms with Crippen molar-refractivity contribution in [2.24, 2.45) is 7.05 Å². The maximum atomic E-state index is 13.1. The van der Waals surface area contributed by atoms with Crippen LogP contribution >= 0.6 is 11.8 Å². The second-order valence-corrected chi connectivity index (χ2v) is 8.86. The van der Waals surface area contributed by atoms with E-state index in [1.165, 1.54) is 16.4 Å². The molecule has 0 aliphatic heterocycles. The summed E-state index contributed by atoms with van der Waals surface area (Å²) in [5.74, 6) is 0.355. The van der Waals surface area contributed by atoms with Crippen LogP contribution in [0.5, 0.6) is 0 Å². The molecule has 0 aliphatic rings. The van der Waals surface area contributed by atoms with Gasteiger partial charge in [-0.05, 0) is 48.9 Å². The molecule has 178 valence electrons. The fourth-order valence-corrected chi connectivity index (χ4v) is 4.34. The first kappa shape index (κ1) is 24.0. The summed E-state index contributed by atoms with van der Waals surface area (Å²) in [4.78, 5) is 42.4. The summed E-state index contributed by atoms with van der Waals surface area (Å²) in [6.45, 7) is 1.77. The van der Waals surface area contributed by atoms with Gasteiger partial charge >= 0.3 is 0 Å². The van der Waals surface area contributed by atoms with E-state index in [0.717, 1.165) is 5.56 Å². The number of rotatable bonds is 8. The van der Waals surface area contributed by atoms with Crippen LogP contribution in [0.15, 0.2) is 83.9 Å². The molecule has 0 unspecified atom stereocenters. The minimum Gasteiger partial charge on any atom is -0.325 e. The van der Waals surface area contributed by atoms with Gasteiger partial charge in [0.25, 0.3) is 11.5 Å². The smallest absolute Gasteiger partial charge is 0.295 e. The average Bonchev–Trinajstić information content (AvgIpc) is 3.08. The molecule has 0 saturated heterocycles. The number of nitrogens with one attached hydrogen (secondary N) is 2. The van der Waals surface area contributed by atoms with Gasteiger partial charge in [-0.1, -0.05) is 30.3 Å². The summed E-state index contributed by atoms with van der Waals surface area (Å²) in [7, 11) is 1.77. The average molecular weight is 488 g/mol. The lowest BCUT2D eigenvalue weighted by Gasteiger charge is -2.08. The molecule has 2 N–H and O–H groups in total. The van der Waals surface area contributed by atoms with Gasteiger partial charge in [-0.2, -0.15) is 0 Å². The maximum absolute atomic E-state index is 13.1. The highest BCUT2D eigenvalue weighted by Crippen LogP contribution is 2.17. The molecule has 2 aromatic heterocycles. The predicted octanol–water partition coefficient (Wildman–Crippen LogP) is 4.00. The Hall–Kier alpha value is -4.11. The van der Waals surface area contributed by atoms with Gasteiger partial charge in [0.15, 0.2) is 0 Å². The molecule has 0 fully saturated rings. The normalized spacial score (nSPS) is 10.7. The Kier molecular flexibility index (Phi) is 7.47. The van der Waals surface area contributed by atoms with Crippen LogP contribution in [-0.2, 0) is 17.6 Å². The van der Waals surface area contributed by atoms with E-state index < -0.39 is 5.91 Å². The van der Waals surface area contributed by atoms with E-state index in [-0.39, 0.29) is 22.9 Å². The Morgan fingerprint density at radius 3 is 2.54 bits per heavy atom. The highest BCUT2D eigenvalue weighted by Gasteiger charge is 2.19. The van der Waals surface area contributed by atoms with Crippen LogP contribution in [0.3, 0.4) is 0 Å². The van der Waals surface area contributed by atoms with Crippen LogP contribution < -0.4 is 16.2 Å². The molecule has 0 aliphatic carbocycles. The van der Waals surface area contributed by atoms with Crippen molar-refractivity contribution in [3.05, 3.63) is 106 Å². The van der Waals surface area contributed by atoms with E-state index in [2.05, 4.69) is 15.6 Å². The van der Waals surface area contributed by atoms with Crippen molar-refractivity contribution in [3.63, 3.8) is 0 Å². The molecular weight excluding hydrogens is 462 g/mol. The molecular formula is C26H25N5O3S. The summed E-state index contributed by atoms with van der Waals surface area (Å²) in [6.07, 6.45) is 3.48. The minimum atomic E-state index is -0.432. The molecule has 0 atom stereocenters. The summed E-state index contributed by atoms with van der Waals surface area (Å²) in [5.41, 5.74) is 3.11. The van der Waals surface area contributed by atoms with E-state index in [1.807, 2.05) is 42.5 Å². The number of para-hydroxylation sites is 1. The van der Waals surface area contributed by atoms with Gasteiger partial charge in [0.05, 0.1) is 17.1 Å². The number of pyridine rings is 1. The number of hydrogen-bond donors (Lipinski definition) is 2. The van der Waals surface area contributed by atoms with Gasteiger partial charge in [0.2, 0.25) is 5.91 Å². The van der Waals surface area contributed by atoms with Gasteiger partial charge in [0, 0.05) is 36.4 Å². The van der Waals surface area contributed by atoms with Crippen LogP contribution in [0.1, 0.15) is 21.6 Å². The second kappa shape index (κ2) is 10.9. The Balaban J connectivity index is 1.42. The minimum absolute atomic E-state index is 0.166. The number of amides is 2. The van der Waals surface area contributed by atoms with Crippen LogP contribution in [0, 0.1) is 6.92 Å². The summed E-state index contributed by atoms with van der Waals surface area (Å²) in [6, 6.07) is 19.7. The summed E-state index contributed by atoms with van der Waals surface area (Å²) >= 11 is 1.48. The van der Waals surface area contributed by atoms with Crippen molar-refractivity contribution in [1.82, 2.24) is 14.3 Å². The number of nitrogens with zero attached hydrogens (tertiary/aromatic N) is 3. The Bertz CT molecular complexity index is 1400. The predicted molar refractivity (Wildman–Crippen MR) is 139 cm³/mol. The second-order valence-electron chi connectivity index (χ2n) is 7.87. The quantitative estimate of drug-likeness (QED) is 0.391. The van der Waals surface area contributed by atoms with E-state index >= 15 is 0 Å². The van der Waals surface area contributed by atoms with Crippen LogP contribution in [-0.4, -0.2) is 31.9 Å². The molecule has 9 heteroatoms. The third-order valence-corrected chi connectivity index (χ3v) is 6.43. The molecule has 0 bridgehead atoms. The van der Waals surface area contributed by atoms with Crippen molar-refractivity contribution in [3.8, 4) is 5.69 Å². The van der Waals surface area contributed by atoms with E-state index in [4.69, 9.17) is 0 Å². The lowest BCUT2D eigenvalue weighted by molar-refractivity contribution is -0.113. The summed E-state index contributed by atoms with van der Waals surface area (Å²) in [5, 5.41) is 5.56. The van der Waals surface area contributed by atoms with Crippen LogP contribution in [0.4, 0.5) is 11.4 Å². The molecule has 2 aromatic carbocycles. The molecule has 35 heavy (non-hydrogen) atoms. The zero-order chi connectivity index (χ0) is 24.8.